The summed E-state index contributed by atoms with van der Waals surface area (Å²) in [5, 5.41) is 3.78. The molecule has 0 unspecified atom stereocenters. The topological polar surface area (TPSA) is 26.5 Å². The van der Waals surface area contributed by atoms with E-state index in [-0.39, 0.29) is 0 Å². The summed E-state index contributed by atoms with van der Waals surface area (Å²) in [5.41, 5.74) is 6.23. The first-order valence-corrected chi connectivity index (χ1v) is 3.27. The molecule has 0 bridgehead atoms. The van der Waals surface area contributed by atoms with E-state index in [2.05, 4.69) is 16.6 Å². The molecule has 2 aliphatic rings. The molecule has 2 heteroatoms. The molecule has 0 saturated carbocycles. The molecule has 2 nitrogen and oxygen atoms in total. The van der Waals surface area contributed by atoms with Crippen LogP contribution in [0.3, 0.4) is 0 Å². The summed E-state index contributed by atoms with van der Waals surface area (Å²) >= 11 is 0. The average molecular weight is 131 g/mol. The normalized spacial score (nSPS) is 20.8. The van der Waals surface area contributed by atoms with E-state index in [1.54, 1.807) is 6.21 Å². The van der Waals surface area contributed by atoms with E-state index in [4.69, 9.17) is 0 Å². The summed E-state index contributed by atoms with van der Waals surface area (Å²) in [6.45, 7) is 0. The molecule has 0 atom stereocenters. The second kappa shape index (κ2) is 2.14. The van der Waals surface area contributed by atoms with Crippen LogP contribution in [0.25, 0.3) is 0 Å². The van der Waals surface area contributed by atoms with E-state index >= 15 is 0 Å². The minimum atomic E-state index is 0.987. The van der Waals surface area contributed by atoms with Gasteiger partial charge in [-0.05, 0) is 24.1 Å². The van der Waals surface area contributed by atoms with Crippen LogP contribution in [-0.2, 0) is 0 Å². The lowest BCUT2D eigenvalue weighted by molar-refractivity contribution is 0.857. The Labute approximate surface area is 59.6 Å². The molecule has 0 fully saturated rings. The largest absolute Gasteiger partial charge is 0.159 e. The Morgan fingerprint density at radius 2 is 2.30 bits per heavy atom. The van der Waals surface area contributed by atoms with Gasteiger partial charge in [0.2, 0.25) is 0 Å². The molecule has 1 radical (unpaired) electrons. The van der Waals surface area contributed by atoms with Crippen LogP contribution in [0, 0.1) is 0 Å². The molecule has 0 aromatic heterocycles. The van der Waals surface area contributed by atoms with Crippen molar-refractivity contribution in [3.05, 3.63) is 35.6 Å². The first-order chi connectivity index (χ1) is 4.97. The van der Waals surface area contributed by atoms with Crippen molar-refractivity contribution in [3.63, 3.8) is 0 Å². The van der Waals surface area contributed by atoms with Crippen molar-refractivity contribution >= 4 is 6.21 Å². The highest BCUT2D eigenvalue weighted by atomic mass is 15.3. The Hall–Kier alpha value is -1.31. The maximum absolute atomic E-state index is 3.96. The van der Waals surface area contributed by atoms with Crippen molar-refractivity contribution in [1.29, 1.82) is 0 Å². The number of allylic oxidation sites excluding steroid dienone is 5. The van der Waals surface area contributed by atoms with E-state index in [0.29, 0.717) is 0 Å². The van der Waals surface area contributed by atoms with Crippen LogP contribution in [0.2, 0.25) is 0 Å². The van der Waals surface area contributed by atoms with Crippen molar-refractivity contribution < 1.29 is 0 Å². The Morgan fingerprint density at radius 3 is 3.20 bits per heavy atom. The van der Waals surface area contributed by atoms with Crippen LogP contribution in [-0.4, -0.2) is 6.21 Å². The van der Waals surface area contributed by atoms with E-state index in [9.17, 15) is 0 Å². The Bertz CT molecular complexity index is 228. The van der Waals surface area contributed by atoms with E-state index in [1.807, 2.05) is 18.2 Å². The molecule has 1 heterocycles. The molecule has 0 aromatic rings. The minimum absolute atomic E-state index is 0.987. The van der Waals surface area contributed by atoms with Gasteiger partial charge in [0.1, 0.15) is 0 Å². The van der Waals surface area contributed by atoms with Crippen LogP contribution in [0.5, 0.6) is 0 Å². The van der Waals surface area contributed by atoms with Crippen molar-refractivity contribution in [2.45, 2.75) is 6.42 Å². The zero-order chi connectivity index (χ0) is 6.81. The van der Waals surface area contributed by atoms with Gasteiger partial charge in [0.15, 0.2) is 0 Å². The smallest absolute Gasteiger partial charge is 0.0892 e. The molecule has 0 saturated heterocycles. The lowest BCUT2D eigenvalue weighted by Crippen LogP contribution is -2.06. The van der Waals surface area contributed by atoms with Crippen LogP contribution in [0.4, 0.5) is 0 Å². The van der Waals surface area contributed by atoms with Gasteiger partial charge in [-0.3, -0.25) is 0 Å². The highest BCUT2D eigenvalue weighted by Gasteiger charge is 2.08. The zero-order valence-electron chi connectivity index (χ0n) is 5.49. The lowest BCUT2D eigenvalue weighted by Gasteiger charge is -2.11. The van der Waals surface area contributed by atoms with Crippen LogP contribution < -0.4 is 5.43 Å². The van der Waals surface area contributed by atoms with Crippen LogP contribution >= 0.6 is 0 Å². The molecule has 2 rings (SSSR count). The maximum Gasteiger partial charge on any atom is 0.0892 e. The molecule has 1 aliphatic heterocycles. The molecule has 10 heavy (non-hydrogen) atoms. The third kappa shape index (κ3) is 0.778. The molecular weight excluding hydrogens is 124 g/mol. The molecule has 0 aromatic carbocycles. The molecule has 0 amide bonds. The average Bonchev–Trinajstić information content (AvgIpc) is 2.05. The number of fused-ring (bicyclic) bond motifs is 1. The quantitative estimate of drug-likeness (QED) is 0.474. The summed E-state index contributed by atoms with van der Waals surface area (Å²) in [5.74, 6) is 0. The Balaban J connectivity index is 2.38. The fourth-order valence-corrected chi connectivity index (χ4v) is 1.04. The zero-order valence-corrected chi connectivity index (χ0v) is 5.49. The predicted molar refractivity (Wildman–Crippen MR) is 40.5 cm³/mol. The van der Waals surface area contributed by atoms with Gasteiger partial charge >= 0.3 is 0 Å². The first kappa shape index (κ1) is 5.47. The summed E-state index contributed by atoms with van der Waals surface area (Å²) in [7, 11) is 0. The number of hydrogen-bond acceptors (Lipinski definition) is 1. The lowest BCUT2D eigenvalue weighted by atomic mass is 10.0. The number of nitrogens with zero attached hydrogens (tertiary/aromatic N) is 2. The number of rotatable bonds is 0. The highest BCUT2D eigenvalue weighted by molar-refractivity contribution is 5.75. The van der Waals surface area contributed by atoms with Crippen LogP contribution in [0.15, 0.2) is 40.7 Å². The van der Waals surface area contributed by atoms with Crippen molar-refractivity contribution in [2.24, 2.45) is 5.10 Å². The van der Waals surface area contributed by atoms with Gasteiger partial charge in [-0.1, -0.05) is 12.2 Å². The third-order valence-electron chi connectivity index (χ3n) is 1.56. The van der Waals surface area contributed by atoms with E-state index in [0.717, 1.165) is 12.1 Å². The SMILES string of the molecule is C1=CCC2=CC=N[N]C2=C1. The van der Waals surface area contributed by atoms with E-state index in [1.165, 1.54) is 5.57 Å². The summed E-state index contributed by atoms with van der Waals surface area (Å²) in [4.78, 5) is 0. The second-order valence-electron chi connectivity index (χ2n) is 2.24. The van der Waals surface area contributed by atoms with Gasteiger partial charge in [-0.2, -0.15) is 10.5 Å². The maximum atomic E-state index is 3.96. The summed E-state index contributed by atoms with van der Waals surface area (Å²) in [6.07, 6.45) is 10.8. The highest BCUT2D eigenvalue weighted by Crippen LogP contribution is 2.18. The van der Waals surface area contributed by atoms with Crippen molar-refractivity contribution in [1.82, 2.24) is 5.43 Å². The summed E-state index contributed by atoms with van der Waals surface area (Å²) in [6, 6.07) is 0. The van der Waals surface area contributed by atoms with Gasteiger partial charge in [0.25, 0.3) is 0 Å². The first-order valence-electron chi connectivity index (χ1n) is 3.27. The number of hydrogen-bond donors (Lipinski definition) is 0. The van der Waals surface area contributed by atoms with Crippen LogP contribution in [0.1, 0.15) is 6.42 Å². The van der Waals surface area contributed by atoms with E-state index < -0.39 is 0 Å². The second-order valence-corrected chi connectivity index (χ2v) is 2.24. The Morgan fingerprint density at radius 1 is 1.30 bits per heavy atom. The molecule has 0 N–H and O–H groups in total. The van der Waals surface area contributed by atoms with Crippen molar-refractivity contribution in [3.8, 4) is 0 Å². The molecular formula is C8H7N2. The standard InChI is InChI=1S/C8H7N2/c1-2-4-8-7(3-1)5-6-9-10-8/h1-2,4-6H,3H2. The van der Waals surface area contributed by atoms with Gasteiger partial charge in [0, 0.05) is 6.21 Å². The Kier molecular flexibility index (Phi) is 1.17. The van der Waals surface area contributed by atoms with Gasteiger partial charge in [-0.15, -0.1) is 0 Å². The minimum Gasteiger partial charge on any atom is -0.159 e. The summed E-state index contributed by atoms with van der Waals surface area (Å²) < 4.78 is 0. The predicted octanol–water partition coefficient (Wildman–Crippen LogP) is 1.36. The fourth-order valence-electron chi connectivity index (χ4n) is 1.04. The van der Waals surface area contributed by atoms with Gasteiger partial charge < -0.3 is 0 Å². The van der Waals surface area contributed by atoms with Gasteiger partial charge in [-0.25, -0.2) is 0 Å². The van der Waals surface area contributed by atoms with Crippen molar-refractivity contribution in [2.75, 3.05) is 0 Å². The molecule has 49 valence electrons. The molecule has 1 aliphatic carbocycles. The monoisotopic (exact) mass is 131 g/mol. The molecule has 0 spiro atoms. The van der Waals surface area contributed by atoms with Gasteiger partial charge in [0.05, 0.1) is 5.70 Å². The third-order valence-corrected chi connectivity index (χ3v) is 1.56. The fraction of sp³-hybridized carbons (Fsp3) is 0.125.